The number of nitrogens with zero attached hydrogens (tertiary/aromatic N) is 2. The smallest absolute Gasteiger partial charge is 0.324 e. The average Bonchev–Trinajstić information content (AvgIpc) is 3.17. The van der Waals surface area contributed by atoms with Crippen LogP contribution in [0.3, 0.4) is 0 Å². The zero-order valence-corrected chi connectivity index (χ0v) is 13.2. The summed E-state index contributed by atoms with van der Waals surface area (Å²) in [6.45, 7) is 7.78. The monoisotopic (exact) mass is 287 g/mol. The lowest BCUT2D eigenvalue weighted by molar-refractivity contribution is 0.209. The summed E-state index contributed by atoms with van der Waals surface area (Å²) < 4.78 is 0. The van der Waals surface area contributed by atoms with Gasteiger partial charge < -0.3 is 10.6 Å². The van der Waals surface area contributed by atoms with E-state index in [2.05, 4.69) is 39.0 Å². The predicted molar refractivity (Wildman–Crippen MR) is 85.6 cm³/mol. The molecule has 1 aliphatic carbocycles. The molecule has 1 aliphatic heterocycles. The van der Waals surface area contributed by atoms with Crippen LogP contribution < -0.4 is 10.6 Å². The summed E-state index contributed by atoms with van der Waals surface area (Å²) in [5.74, 6) is 0. The highest BCUT2D eigenvalue weighted by Gasteiger charge is 2.49. The van der Waals surface area contributed by atoms with Crippen LogP contribution >= 0.6 is 0 Å². The fourth-order valence-electron chi connectivity index (χ4n) is 3.49. The second-order valence-corrected chi connectivity index (χ2v) is 6.68. The Morgan fingerprint density at radius 2 is 1.81 bits per heavy atom. The molecule has 2 amide bonds. The second kappa shape index (κ2) is 5.02. The molecule has 4 nitrogen and oxygen atoms in total. The van der Waals surface area contributed by atoms with E-state index in [1.807, 2.05) is 15.9 Å². The van der Waals surface area contributed by atoms with Crippen molar-refractivity contribution < 1.29 is 4.79 Å². The van der Waals surface area contributed by atoms with Crippen molar-refractivity contribution in [3.63, 3.8) is 0 Å². The maximum Gasteiger partial charge on any atom is 0.324 e. The Bertz CT molecular complexity index is 549. The molecule has 1 aromatic rings. The Hall–Kier alpha value is -1.55. The van der Waals surface area contributed by atoms with Crippen molar-refractivity contribution in [2.24, 2.45) is 5.73 Å². The van der Waals surface area contributed by atoms with Crippen molar-refractivity contribution in [2.45, 2.75) is 51.1 Å². The summed E-state index contributed by atoms with van der Waals surface area (Å²) in [5.41, 5.74) is 8.61. The Kier molecular flexibility index (Phi) is 3.44. The van der Waals surface area contributed by atoms with Crippen molar-refractivity contribution >= 4 is 11.7 Å². The van der Waals surface area contributed by atoms with E-state index < -0.39 is 0 Å². The third kappa shape index (κ3) is 2.22. The van der Waals surface area contributed by atoms with Crippen LogP contribution in [0.2, 0.25) is 0 Å². The van der Waals surface area contributed by atoms with E-state index in [0.29, 0.717) is 0 Å². The highest BCUT2D eigenvalue weighted by molar-refractivity contribution is 5.95. The van der Waals surface area contributed by atoms with Crippen LogP contribution in [0.25, 0.3) is 0 Å². The standard InChI is InChI=1S/C17H25N3O/c1-12(2)19-10-11-20(16(19)21)15-7-5-4-6-14(15)17(8-9-17)13(3)18/h4-7,12-13H,8-11,18H2,1-3H3. The number of carbonyl (C=O) groups excluding carboxylic acids is 1. The number of urea groups is 1. The molecule has 3 rings (SSSR count). The Labute approximate surface area is 126 Å². The zero-order chi connectivity index (χ0) is 15.2. The number of para-hydroxylation sites is 1. The summed E-state index contributed by atoms with van der Waals surface area (Å²) >= 11 is 0. The molecule has 1 aromatic carbocycles. The van der Waals surface area contributed by atoms with E-state index >= 15 is 0 Å². The molecule has 0 spiro atoms. The Balaban J connectivity index is 1.96. The quantitative estimate of drug-likeness (QED) is 0.925. The Morgan fingerprint density at radius 1 is 1.14 bits per heavy atom. The topological polar surface area (TPSA) is 49.6 Å². The molecule has 1 atom stereocenters. The normalized spacial score (nSPS) is 22.0. The van der Waals surface area contributed by atoms with Crippen LogP contribution in [-0.4, -0.2) is 36.1 Å². The number of nitrogens with two attached hydrogens (primary N) is 1. The molecular weight excluding hydrogens is 262 g/mol. The van der Waals surface area contributed by atoms with E-state index in [9.17, 15) is 4.79 Å². The van der Waals surface area contributed by atoms with Gasteiger partial charge in [-0.25, -0.2) is 4.79 Å². The van der Waals surface area contributed by atoms with Crippen LogP contribution in [0.5, 0.6) is 0 Å². The summed E-state index contributed by atoms with van der Waals surface area (Å²) in [7, 11) is 0. The van der Waals surface area contributed by atoms with Crippen LogP contribution in [0.1, 0.15) is 39.2 Å². The molecule has 2 N–H and O–H groups in total. The number of amides is 2. The molecule has 0 aromatic heterocycles. The first-order valence-electron chi connectivity index (χ1n) is 7.90. The van der Waals surface area contributed by atoms with Gasteiger partial charge in [0.2, 0.25) is 0 Å². The number of carbonyl (C=O) groups is 1. The van der Waals surface area contributed by atoms with Gasteiger partial charge in [-0.2, -0.15) is 0 Å². The van der Waals surface area contributed by atoms with E-state index in [4.69, 9.17) is 5.73 Å². The van der Waals surface area contributed by atoms with Gasteiger partial charge in [0.05, 0.1) is 0 Å². The zero-order valence-electron chi connectivity index (χ0n) is 13.2. The number of anilines is 1. The lowest BCUT2D eigenvalue weighted by Gasteiger charge is -2.28. The Morgan fingerprint density at radius 3 is 2.33 bits per heavy atom. The van der Waals surface area contributed by atoms with E-state index in [0.717, 1.165) is 31.6 Å². The molecule has 114 valence electrons. The molecule has 2 fully saturated rings. The highest BCUT2D eigenvalue weighted by atomic mass is 16.2. The molecule has 1 saturated carbocycles. The van der Waals surface area contributed by atoms with Gasteiger partial charge in [0.15, 0.2) is 0 Å². The molecule has 1 saturated heterocycles. The second-order valence-electron chi connectivity index (χ2n) is 6.68. The summed E-state index contributed by atoms with van der Waals surface area (Å²) in [6, 6.07) is 8.79. The summed E-state index contributed by atoms with van der Waals surface area (Å²) in [5, 5.41) is 0. The third-order valence-electron chi connectivity index (χ3n) is 5.06. The molecule has 4 heteroatoms. The lowest BCUT2D eigenvalue weighted by atomic mass is 9.88. The average molecular weight is 287 g/mol. The highest BCUT2D eigenvalue weighted by Crippen LogP contribution is 2.53. The van der Waals surface area contributed by atoms with Gasteiger partial charge in [-0.1, -0.05) is 18.2 Å². The largest absolute Gasteiger partial charge is 0.327 e. The minimum atomic E-state index is 0.0716. The van der Waals surface area contributed by atoms with Gasteiger partial charge in [-0.3, -0.25) is 4.90 Å². The molecule has 2 aliphatic rings. The predicted octanol–water partition coefficient (Wildman–Crippen LogP) is 2.72. The van der Waals surface area contributed by atoms with Gasteiger partial charge in [-0.05, 0) is 45.2 Å². The number of rotatable bonds is 4. The lowest BCUT2D eigenvalue weighted by Crippen LogP contribution is -2.38. The first-order chi connectivity index (χ1) is 9.97. The van der Waals surface area contributed by atoms with Gasteiger partial charge in [0, 0.05) is 36.3 Å². The van der Waals surface area contributed by atoms with Crippen LogP contribution in [0, 0.1) is 0 Å². The fourth-order valence-corrected chi connectivity index (χ4v) is 3.49. The number of benzene rings is 1. The first kappa shape index (κ1) is 14.4. The van der Waals surface area contributed by atoms with Gasteiger partial charge in [-0.15, -0.1) is 0 Å². The summed E-state index contributed by atoms with van der Waals surface area (Å²) in [6.07, 6.45) is 2.25. The van der Waals surface area contributed by atoms with Crippen molar-refractivity contribution in [1.29, 1.82) is 0 Å². The van der Waals surface area contributed by atoms with E-state index in [1.165, 1.54) is 5.56 Å². The van der Waals surface area contributed by atoms with Gasteiger partial charge in [0.25, 0.3) is 0 Å². The molecule has 1 heterocycles. The van der Waals surface area contributed by atoms with Crippen molar-refractivity contribution in [3.05, 3.63) is 29.8 Å². The molecule has 1 unspecified atom stereocenters. The molecule has 0 bridgehead atoms. The van der Waals surface area contributed by atoms with Crippen molar-refractivity contribution in [1.82, 2.24) is 4.90 Å². The fraction of sp³-hybridized carbons (Fsp3) is 0.588. The first-order valence-corrected chi connectivity index (χ1v) is 7.90. The molecular formula is C17H25N3O. The maximum atomic E-state index is 12.6. The van der Waals surface area contributed by atoms with Crippen LogP contribution in [0.4, 0.5) is 10.5 Å². The number of hydrogen-bond donors (Lipinski definition) is 1. The van der Waals surface area contributed by atoms with Crippen molar-refractivity contribution in [2.75, 3.05) is 18.0 Å². The van der Waals surface area contributed by atoms with E-state index in [-0.39, 0.29) is 23.5 Å². The molecule has 21 heavy (non-hydrogen) atoms. The third-order valence-corrected chi connectivity index (χ3v) is 5.06. The van der Waals surface area contributed by atoms with Crippen molar-refractivity contribution in [3.8, 4) is 0 Å². The minimum absolute atomic E-state index is 0.0716. The van der Waals surface area contributed by atoms with Gasteiger partial charge >= 0.3 is 6.03 Å². The molecule has 0 radical (unpaired) electrons. The van der Waals surface area contributed by atoms with Crippen LogP contribution in [0.15, 0.2) is 24.3 Å². The summed E-state index contributed by atoms with van der Waals surface area (Å²) in [4.78, 5) is 16.5. The van der Waals surface area contributed by atoms with Gasteiger partial charge in [0.1, 0.15) is 0 Å². The minimum Gasteiger partial charge on any atom is -0.327 e. The maximum absolute atomic E-state index is 12.6. The van der Waals surface area contributed by atoms with E-state index in [1.54, 1.807) is 0 Å². The number of hydrogen-bond acceptors (Lipinski definition) is 2. The SMILES string of the molecule is CC(C)N1CCN(c2ccccc2C2(C(C)N)CC2)C1=O. The van der Waals surface area contributed by atoms with Crippen LogP contribution in [-0.2, 0) is 5.41 Å².